The van der Waals surface area contributed by atoms with Gasteiger partial charge >= 0.3 is 0 Å². The van der Waals surface area contributed by atoms with Gasteiger partial charge in [-0.1, -0.05) is 78.9 Å². The molecule has 0 N–H and O–H groups in total. The third-order valence-electron chi connectivity index (χ3n) is 6.41. The Hall–Kier alpha value is -4.10. The predicted octanol–water partition coefficient (Wildman–Crippen LogP) is 8.04. The van der Waals surface area contributed by atoms with E-state index >= 15 is 0 Å². The van der Waals surface area contributed by atoms with Crippen LogP contribution in [0.1, 0.15) is 0 Å². The second-order valence-electron chi connectivity index (χ2n) is 8.16. The fourth-order valence-corrected chi connectivity index (χ4v) is 4.96. The molecule has 1 heteroatoms. The van der Waals surface area contributed by atoms with Gasteiger partial charge in [0.2, 0.25) is 0 Å². The lowest BCUT2D eigenvalue weighted by Crippen LogP contribution is -1.94. The number of hydrogen-bond acceptors (Lipinski definition) is 0. The van der Waals surface area contributed by atoms with Crippen LogP contribution in [0.4, 0.5) is 0 Å². The number of hydrogen-bond donors (Lipinski definition) is 0. The van der Waals surface area contributed by atoms with Gasteiger partial charge in [-0.3, -0.25) is 0 Å². The van der Waals surface area contributed by atoms with Gasteiger partial charge in [-0.25, -0.2) is 0 Å². The van der Waals surface area contributed by atoms with Crippen LogP contribution in [0.2, 0.25) is 0 Å². The SMILES string of the molecule is [c]1c(-n2c3ccccc3c3ccccc32)ccc2ccc3cc4ccccc4cc3c12. The van der Waals surface area contributed by atoms with Gasteiger partial charge in [-0.2, -0.15) is 0 Å². The molecule has 7 rings (SSSR count). The molecule has 1 radical (unpaired) electrons. The maximum atomic E-state index is 3.78. The molecular formula is C30H18N. The monoisotopic (exact) mass is 392 g/mol. The van der Waals surface area contributed by atoms with Gasteiger partial charge in [0.1, 0.15) is 0 Å². The molecule has 1 heterocycles. The first-order chi connectivity index (χ1) is 15.4. The van der Waals surface area contributed by atoms with Crippen LogP contribution in [0.5, 0.6) is 0 Å². The zero-order valence-corrected chi connectivity index (χ0v) is 16.8. The number of aromatic nitrogens is 1. The van der Waals surface area contributed by atoms with Crippen LogP contribution in [0.25, 0.3) is 59.8 Å². The van der Waals surface area contributed by atoms with Crippen molar-refractivity contribution in [3.8, 4) is 5.69 Å². The number of benzene rings is 6. The smallest absolute Gasteiger partial charge is 0.0548 e. The number of rotatable bonds is 1. The molecule has 1 nitrogen and oxygen atoms in total. The van der Waals surface area contributed by atoms with Crippen molar-refractivity contribution in [3.05, 3.63) is 115 Å². The Morgan fingerprint density at radius 1 is 0.452 bits per heavy atom. The molecule has 7 aromatic rings. The Kier molecular flexibility index (Phi) is 3.33. The molecule has 0 spiro atoms. The Morgan fingerprint density at radius 2 is 1.03 bits per heavy atom. The van der Waals surface area contributed by atoms with Crippen LogP contribution in [-0.4, -0.2) is 4.57 Å². The van der Waals surface area contributed by atoms with Crippen LogP contribution < -0.4 is 0 Å². The van der Waals surface area contributed by atoms with Gasteiger partial charge in [0, 0.05) is 16.8 Å². The molecule has 0 fully saturated rings. The Labute approximate surface area is 179 Å². The minimum absolute atomic E-state index is 1.07. The van der Waals surface area contributed by atoms with E-state index in [1.54, 1.807) is 0 Å². The van der Waals surface area contributed by atoms with Crippen LogP contribution in [0.15, 0.2) is 109 Å². The maximum absolute atomic E-state index is 3.78. The van der Waals surface area contributed by atoms with Crippen LogP contribution in [0.3, 0.4) is 0 Å². The largest absolute Gasteiger partial charge is 0.309 e. The molecule has 0 atom stereocenters. The van der Waals surface area contributed by atoms with Gasteiger partial charge < -0.3 is 4.57 Å². The van der Waals surface area contributed by atoms with Crippen LogP contribution >= 0.6 is 0 Å². The third kappa shape index (κ3) is 2.38. The Morgan fingerprint density at radius 3 is 1.77 bits per heavy atom. The predicted molar refractivity (Wildman–Crippen MR) is 132 cm³/mol. The Bertz CT molecular complexity index is 1730. The summed E-state index contributed by atoms with van der Waals surface area (Å²) in [5.74, 6) is 0. The first-order valence-electron chi connectivity index (χ1n) is 10.6. The minimum Gasteiger partial charge on any atom is -0.309 e. The number of fused-ring (bicyclic) bond motifs is 7. The molecular weight excluding hydrogens is 374 g/mol. The molecule has 0 saturated heterocycles. The summed E-state index contributed by atoms with van der Waals surface area (Å²) in [4.78, 5) is 0. The van der Waals surface area contributed by atoms with Crippen molar-refractivity contribution < 1.29 is 0 Å². The number of para-hydroxylation sites is 2. The highest BCUT2D eigenvalue weighted by atomic mass is 15.0. The molecule has 0 unspecified atom stereocenters. The molecule has 0 amide bonds. The lowest BCUT2D eigenvalue weighted by Gasteiger charge is -2.11. The molecule has 0 saturated carbocycles. The van der Waals surface area contributed by atoms with E-state index < -0.39 is 0 Å². The maximum Gasteiger partial charge on any atom is 0.0548 e. The van der Waals surface area contributed by atoms with E-state index in [2.05, 4.69) is 120 Å². The molecule has 0 aliphatic heterocycles. The summed E-state index contributed by atoms with van der Waals surface area (Å²) in [6.45, 7) is 0. The van der Waals surface area contributed by atoms with Gasteiger partial charge in [0.15, 0.2) is 0 Å². The van der Waals surface area contributed by atoms with Gasteiger partial charge in [-0.05, 0) is 62.6 Å². The zero-order valence-electron chi connectivity index (χ0n) is 16.8. The molecule has 0 aliphatic rings. The van der Waals surface area contributed by atoms with Crippen molar-refractivity contribution in [2.24, 2.45) is 0 Å². The van der Waals surface area contributed by atoms with E-state index in [1.807, 2.05) is 0 Å². The van der Waals surface area contributed by atoms with Crippen molar-refractivity contribution in [1.29, 1.82) is 0 Å². The van der Waals surface area contributed by atoms with Gasteiger partial charge in [-0.15, -0.1) is 0 Å². The molecule has 143 valence electrons. The van der Waals surface area contributed by atoms with Crippen LogP contribution in [0, 0.1) is 6.07 Å². The second-order valence-corrected chi connectivity index (χ2v) is 8.16. The van der Waals surface area contributed by atoms with Crippen molar-refractivity contribution in [3.63, 3.8) is 0 Å². The number of nitrogens with zero attached hydrogens (tertiary/aromatic N) is 1. The average molecular weight is 392 g/mol. The van der Waals surface area contributed by atoms with Gasteiger partial charge in [0.25, 0.3) is 0 Å². The summed E-state index contributed by atoms with van der Waals surface area (Å²) in [6.07, 6.45) is 0. The zero-order chi connectivity index (χ0) is 20.4. The lowest BCUT2D eigenvalue weighted by atomic mass is 9.98. The van der Waals surface area contributed by atoms with Crippen LogP contribution in [-0.2, 0) is 0 Å². The molecule has 6 aromatic carbocycles. The topological polar surface area (TPSA) is 4.93 Å². The van der Waals surface area contributed by atoms with E-state index in [-0.39, 0.29) is 0 Å². The summed E-state index contributed by atoms with van der Waals surface area (Å²) in [5.41, 5.74) is 3.50. The summed E-state index contributed by atoms with van der Waals surface area (Å²) in [7, 11) is 0. The fourth-order valence-electron chi connectivity index (χ4n) is 4.96. The third-order valence-corrected chi connectivity index (χ3v) is 6.41. The van der Waals surface area contributed by atoms with Gasteiger partial charge in [0.05, 0.1) is 16.7 Å². The van der Waals surface area contributed by atoms with Crippen molar-refractivity contribution in [1.82, 2.24) is 4.57 Å². The van der Waals surface area contributed by atoms with E-state index in [1.165, 1.54) is 54.1 Å². The Balaban J connectivity index is 1.60. The highest BCUT2D eigenvalue weighted by Gasteiger charge is 2.12. The summed E-state index contributed by atoms with van der Waals surface area (Å²) in [6, 6.07) is 43.0. The van der Waals surface area contributed by atoms with E-state index in [9.17, 15) is 0 Å². The highest BCUT2D eigenvalue weighted by Crippen LogP contribution is 2.34. The molecule has 0 bridgehead atoms. The minimum atomic E-state index is 1.07. The van der Waals surface area contributed by atoms with E-state index in [0.717, 1.165) is 5.69 Å². The van der Waals surface area contributed by atoms with E-state index in [4.69, 9.17) is 0 Å². The lowest BCUT2D eigenvalue weighted by molar-refractivity contribution is 1.18. The van der Waals surface area contributed by atoms with E-state index in [0.29, 0.717) is 0 Å². The first kappa shape index (κ1) is 16.7. The standard InChI is InChI=1S/C30H18N/c1-2-8-22-18-27-23(17-21(22)7-1)14-13-20-15-16-24(19-28(20)27)31-29-11-5-3-9-25(29)26-10-4-6-12-30(26)31/h1-18H. The quantitative estimate of drug-likeness (QED) is 0.197. The molecule has 0 aliphatic carbocycles. The highest BCUT2D eigenvalue weighted by molar-refractivity contribution is 6.13. The summed E-state index contributed by atoms with van der Waals surface area (Å²) >= 11 is 0. The first-order valence-corrected chi connectivity index (χ1v) is 10.6. The normalized spacial score (nSPS) is 11.9. The van der Waals surface area contributed by atoms with Crippen molar-refractivity contribution in [2.75, 3.05) is 0 Å². The summed E-state index contributed by atoms with van der Waals surface area (Å²) < 4.78 is 2.34. The van der Waals surface area contributed by atoms with Crippen molar-refractivity contribution in [2.45, 2.75) is 0 Å². The summed E-state index contributed by atoms with van der Waals surface area (Å²) in [5, 5.41) is 9.97. The molecule has 31 heavy (non-hydrogen) atoms. The second kappa shape index (κ2) is 6.20. The average Bonchev–Trinajstić information content (AvgIpc) is 3.17. The fraction of sp³-hybridized carbons (Fsp3) is 0. The molecule has 1 aromatic heterocycles. The van der Waals surface area contributed by atoms with Crippen molar-refractivity contribution >= 4 is 54.1 Å².